The van der Waals surface area contributed by atoms with E-state index in [-0.39, 0.29) is 0 Å². The van der Waals surface area contributed by atoms with Gasteiger partial charge in [-0.15, -0.1) is 0 Å². The lowest BCUT2D eigenvalue weighted by Gasteiger charge is -2.10. The van der Waals surface area contributed by atoms with E-state index in [4.69, 9.17) is 23.2 Å². The second-order valence-electron chi connectivity index (χ2n) is 5.65. The highest BCUT2D eigenvalue weighted by atomic mass is 35.5. The van der Waals surface area contributed by atoms with Gasteiger partial charge in [0.25, 0.3) is 0 Å². The van der Waals surface area contributed by atoms with Crippen LogP contribution >= 0.6 is 46.5 Å². The Morgan fingerprint density at radius 1 is 0.926 bits per heavy atom. The minimum atomic E-state index is -0.711. The number of hydrogen-bond donors (Lipinski definition) is 3. The molecule has 9 heteroatoms. The van der Waals surface area contributed by atoms with Gasteiger partial charge in [-0.3, -0.25) is 9.59 Å². The average Bonchev–Trinajstić information content (AvgIpc) is 3.16. The van der Waals surface area contributed by atoms with E-state index in [0.717, 1.165) is 16.8 Å². The second kappa shape index (κ2) is 7.44. The molecule has 3 N–H and O–H groups in total. The summed E-state index contributed by atoms with van der Waals surface area (Å²) in [5.74, 6) is 0. The first-order valence-electron chi connectivity index (χ1n) is 7.72. The number of halogens is 2. The third-order valence-corrected chi connectivity index (χ3v) is 6.17. The monoisotopic (exact) mass is 435 g/mol. The minimum Gasteiger partial charge on any atom is -0.326 e. The number of hydrogen-bond acceptors (Lipinski definition) is 5. The molecule has 0 spiro atoms. The van der Waals surface area contributed by atoms with E-state index in [1.807, 2.05) is 35.0 Å². The number of thiophene rings is 1. The van der Waals surface area contributed by atoms with Crippen LogP contribution in [0.5, 0.6) is 0 Å². The SMILES string of the molecule is O=c1[nH]c2cc(Cl)c(SNc3ccc(-c4ccsc4)c(Cl)c3)cc2[nH]c1=O. The topological polar surface area (TPSA) is 77.8 Å². The number of benzene rings is 2. The van der Waals surface area contributed by atoms with Gasteiger partial charge in [0.2, 0.25) is 0 Å². The van der Waals surface area contributed by atoms with Gasteiger partial charge in [0, 0.05) is 16.1 Å². The molecule has 5 nitrogen and oxygen atoms in total. The Morgan fingerprint density at radius 2 is 1.67 bits per heavy atom. The van der Waals surface area contributed by atoms with Gasteiger partial charge in [-0.05, 0) is 58.6 Å². The van der Waals surface area contributed by atoms with Gasteiger partial charge in [-0.25, -0.2) is 0 Å². The van der Waals surface area contributed by atoms with E-state index in [9.17, 15) is 9.59 Å². The molecule has 27 heavy (non-hydrogen) atoms. The third kappa shape index (κ3) is 3.77. The van der Waals surface area contributed by atoms with Crippen LogP contribution in [0.15, 0.2) is 61.6 Å². The summed E-state index contributed by atoms with van der Waals surface area (Å²) < 4.78 is 3.19. The third-order valence-electron chi connectivity index (χ3n) is 3.85. The molecule has 0 saturated carbocycles. The van der Waals surface area contributed by atoms with Crippen LogP contribution in [0.1, 0.15) is 0 Å². The van der Waals surface area contributed by atoms with Crippen molar-refractivity contribution in [1.29, 1.82) is 0 Å². The van der Waals surface area contributed by atoms with Gasteiger partial charge in [-0.2, -0.15) is 11.3 Å². The maximum atomic E-state index is 11.5. The van der Waals surface area contributed by atoms with Crippen LogP contribution in [0.3, 0.4) is 0 Å². The molecule has 2 heterocycles. The zero-order valence-corrected chi connectivity index (χ0v) is 16.7. The molecule has 4 rings (SSSR count). The molecule has 0 atom stereocenters. The zero-order chi connectivity index (χ0) is 19.0. The van der Waals surface area contributed by atoms with E-state index < -0.39 is 11.1 Å². The molecule has 0 aliphatic carbocycles. The fourth-order valence-corrected chi connectivity index (χ4v) is 4.45. The number of aromatic amines is 2. The quantitative estimate of drug-likeness (QED) is 0.297. The molecule has 2 aromatic heterocycles. The molecule has 0 aliphatic rings. The summed E-state index contributed by atoms with van der Waals surface area (Å²) in [6, 6.07) is 11.1. The number of rotatable bonds is 4. The Bertz CT molecular complexity index is 1250. The predicted molar refractivity (Wildman–Crippen MR) is 114 cm³/mol. The maximum Gasteiger partial charge on any atom is 0.314 e. The fourth-order valence-electron chi connectivity index (χ4n) is 2.54. The summed E-state index contributed by atoms with van der Waals surface area (Å²) in [6.07, 6.45) is 0. The first kappa shape index (κ1) is 18.2. The molecular formula is C18H11Cl2N3O2S2. The molecule has 0 aliphatic heterocycles. The van der Waals surface area contributed by atoms with Gasteiger partial charge in [0.1, 0.15) is 0 Å². The standard InChI is InChI=1S/C18H11Cl2N3O2S2/c19-12-5-10(1-2-11(12)9-3-4-26-8-9)23-27-16-7-15-14(6-13(16)20)21-17(24)18(25)22-15/h1-8,23H,(H,21,24)(H,22,25). The van der Waals surface area contributed by atoms with Crippen molar-refractivity contribution in [3.05, 3.63) is 77.9 Å². The van der Waals surface area contributed by atoms with Gasteiger partial charge >= 0.3 is 11.1 Å². The molecule has 0 unspecified atom stereocenters. The molecule has 136 valence electrons. The molecule has 0 saturated heterocycles. The van der Waals surface area contributed by atoms with E-state index in [2.05, 4.69) is 14.7 Å². The summed E-state index contributed by atoms with van der Waals surface area (Å²) in [5.41, 5.74) is 2.42. The van der Waals surface area contributed by atoms with Crippen molar-refractivity contribution in [2.24, 2.45) is 0 Å². The highest BCUT2D eigenvalue weighted by Crippen LogP contribution is 2.34. The Labute approximate surface area is 171 Å². The van der Waals surface area contributed by atoms with Crippen LogP contribution in [0.2, 0.25) is 10.0 Å². The highest BCUT2D eigenvalue weighted by Gasteiger charge is 2.09. The molecule has 0 amide bonds. The van der Waals surface area contributed by atoms with Crippen molar-refractivity contribution < 1.29 is 0 Å². The van der Waals surface area contributed by atoms with Crippen LogP contribution in [0.25, 0.3) is 22.2 Å². The molecule has 0 radical (unpaired) electrons. The fraction of sp³-hybridized carbons (Fsp3) is 0. The highest BCUT2D eigenvalue weighted by molar-refractivity contribution is 8.00. The normalized spacial score (nSPS) is 11.0. The number of aromatic nitrogens is 2. The second-order valence-corrected chi connectivity index (χ2v) is 8.09. The summed E-state index contributed by atoms with van der Waals surface area (Å²) >= 11 is 15.6. The maximum absolute atomic E-state index is 11.5. The number of nitrogens with one attached hydrogen (secondary N) is 3. The zero-order valence-electron chi connectivity index (χ0n) is 13.5. The first-order valence-corrected chi connectivity index (χ1v) is 10.2. The number of H-pyrrole nitrogens is 2. The lowest BCUT2D eigenvalue weighted by Crippen LogP contribution is -2.28. The van der Waals surface area contributed by atoms with Crippen LogP contribution in [-0.2, 0) is 0 Å². The van der Waals surface area contributed by atoms with Crippen LogP contribution < -0.4 is 15.8 Å². The molecule has 2 aromatic carbocycles. The van der Waals surface area contributed by atoms with Gasteiger partial charge in [0.15, 0.2) is 0 Å². The van der Waals surface area contributed by atoms with Crippen molar-refractivity contribution in [1.82, 2.24) is 9.97 Å². The minimum absolute atomic E-state index is 0.448. The van der Waals surface area contributed by atoms with Crippen LogP contribution in [0.4, 0.5) is 5.69 Å². The first-order chi connectivity index (χ1) is 13.0. The number of fused-ring (bicyclic) bond motifs is 1. The van der Waals surface area contributed by atoms with Crippen molar-refractivity contribution >= 4 is 63.2 Å². The van der Waals surface area contributed by atoms with Gasteiger partial charge in [-0.1, -0.05) is 29.3 Å². The lowest BCUT2D eigenvalue weighted by molar-refractivity contribution is 1.14. The van der Waals surface area contributed by atoms with E-state index >= 15 is 0 Å². The Morgan fingerprint density at radius 3 is 2.33 bits per heavy atom. The Hall–Kier alpha value is -2.19. The lowest BCUT2D eigenvalue weighted by atomic mass is 10.1. The van der Waals surface area contributed by atoms with E-state index in [1.54, 1.807) is 23.5 Å². The Balaban J connectivity index is 1.59. The van der Waals surface area contributed by atoms with Crippen molar-refractivity contribution in [3.8, 4) is 11.1 Å². The molecule has 0 bridgehead atoms. The van der Waals surface area contributed by atoms with Crippen molar-refractivity contribution in [3.63, 3.8) is 0 Å². The predicted octanol–water partition coefficient (Wildman–Crippen LogP) is 5.37. The average molecular weight is 436 g/mol. The Kier molecular flexibility index (Phi) is 5.01. The molecule has 0 fully saturated rings. The summed E-state index contributed by atoms with van der Waals surface area (Å²) in [5, 5.41) is 5.14. The smallest absolute Gasteiger partial charge is 0.314 e. The van der Waals surface area contributed by atoms with Crippen molar-refractivity contribution in [2.75, 3.05) is 4.72 Å². The van der Waals surface area contributed by atoms with Crippen molar-refractivity contribution in [2.45, 2.75) is 4.90 Å². The van der Waals surface area contributed by atoms with E-state index in [1.165, 1.54) is 11.9 Å². The van der Waals surface area contributed by atoms with Crippen LogP contribution in [-0.4, -0.2) is 9.97 Å². The molecule has 4 aromatic rings. The van der Waals surface area contributed by atoms with E-state index in [0.29, 0.717) is 26.0 Å². The summed E-state index contributed by atoms with van der Waals surface area (Å²) in [7, 11) is 0. The van der Waals surface area contributed by atoms with Gasteiger partial charge < -0.3 is 14.7 Å². The summed E-state index contributed by atoms with van der Waals surface area (Å²) in [4.78, 5) is 28.7. The van der Waals surface area contributed by atoms with Crippen LogP contribution in [0, 0.1) is 0 Å². The molecular weight excluding hydrogens is 425 g/mol. The largest absolute Gasteiger partial charge is 0.326 e. The number of anilines is 1. The summed E-state index contributed by atoms with van der Waals surface area (Å²) in [6.45, 7) is 0. The van der Waals surface area contributed by atoms with Gasteiger partial charge in [0.05, 0.1) is 21.1 Å².